The molecule has 2 aromatic rings. The van der Waals surface area contributed by atoms with Crippen molar-refractivity contribution in [1.82, 2.24) is 15.5 Å². The molecule has 0 aliphatic rings. The van der Waals surface area contributed by atoms with Crippen molar-refractivity contribution in [3.05, 3.63) is 35.7 Å². The molecule has 1 heterocycles. The van der Waals surface area contributed by atoms with Crippen molar-refractivity contribution in [3.8, 4) is 11.5 Å². The molecule has 2 N–H and O–H groups in total. The Kier molecular flexibility index (Phi) is 6.49. The van der Waals surface area contributed by atoms with Gasteiger partial charge in [-0.1, -0.05) is 44.5 Å². The van der Waals surface area contributed by atoms with Gasteiger partial charge in [0.1, 0.15) is 0 Å². The van der Waals surface area contributed by atoms with Gasteiger partial charge in [0.15, 0.2) is 5.82 Å². The smallest absolute Gasteiger partial charge is 0.303 e. The molecule has 7 nitrogen and oxygen atoms in total. The van der Waals surface area contributed by atoms with Gasteiger partial charge >= 0.3 is 5.97 Å². The molecular weight excluding hydrogens is 334 g/mol. The lowest BCUT2D eigenvalue weighted by atomic mass is 9.96. The summed E-state index contributed by atoms with van der Waals surface area (Å²) in [5.41, 5.74) is 0.829. The van der Waals surface area contributed by atoms with E-state index in [-0.39, 0.29) is 17.7 Å². The van der Waals surface area contributed by atoms with Gasteiger partial charge in [-0.15, -0.1) is 0 Å². The van der Waals surface area contributed by atoms with Gasteiger partial charge in [-0.05, 0) is 25.0 Å². The average Bonchev–Trinajstić information content (AvgIpc) is 3.08. The summed E-state index contributed by atoms with van der Waals surface area (Å²) in [5.74, 6) is -0.102. The predicted octanol–water partition coefficient (Wildman–Crippen LogP) is 3.41. The first-order valence-corrected chi connectivity index (χ1v) is 8.72. The van der Waals surface area contributed by atoms with Crippen molar-refractivity contribution in [3.63, 3.8) is 0 Å². The number of carbonyl (C=O) groups is 2. The molecule has 0 aliphatic heterocycles. The molecule has 2 rings (SSSR count). The molecule has 0 bridgehead atoms. The minimum absolute atomic E-state index is 0.157. The van der Waals surface area contributed by atoms with Crippen LogP contribution in [0.5, 0.6) is 0 Å². The number of amides is 1. The van der Waals surface area contributed by atoms with Crippen molar-refractivity contribution < 1.29 is 19.2 Å². The van der Waals surface area contributed by atoms with Crippen molar-refractivity contribution in [1.29, 1.82) is 0 Å². The molecule has 0 fully saturated rings. The molecule has 0 radical (unpaired) electrons. The number of hydrogen-bond acceptors (Lipinski definition) is 5. The van der Waals surface area contributed by atoms with Crippen molar-refractivity contribution in [2.24, 2.45) is 0 Å². The molecule has 0 unspecified atom stereocenters. The first kappa shape index (κ1) is 19.6. The number of carboxylic acids is 1. The Morgan fingerprint density at radius 3 is 2.54 bits per heavy atom. The minimum atomic E-state index is -0.794. The monoisotopic (exact) mass is 359 g/mol. The summed E-state index contributed by atoms with van der Waals surface area (Å²) in [7, 11) is 0. The van der Waals surface area contributed by atoms with Gasteiger partial charge < -0.3 is 14.9 Å². The van der Waals surface area contributed by atoms with Crippen LogP contribution in [0.4, 0.5) is 0 Å². The number of aromatic nitrogens is 2. The topological polar surface area (TPSA) is 105 Å². The van der Waals surface area contributed by atoms with E-state index in [1.165, 1.54) is 0 Å². The van der Waals surface area contributed by atoms with Crippen LogP contribution in [0.25, 0.3) is 11.5 Å². The van der Waals surface area contributed by atoms with Crippen LogP contribution >= 0.6 is 0 Å². The summed E-state index contributed by atoms with van der Waals surface area (Å²) in [6.45, 7) is 6.46. The number of hydrogen-bond donors (Lipinski definition) is 2. The molecule has 26 heavy (non-hydrogen) atoms. The fourth-order valence-corrected chi connectivity index (χ4v) is 2.38. The van der Waals surface area contributed by atoms with Crippen LogP contribution in [0.1, 0.15) is 62.6 Å². The van der Waals surface area contributed by atoms with Gasteiger partial charge in [-0.3, -0.25) is 9.59 Å². The van der Waals surface area contributed by atoms with Crippen LogP contribution in [0.2, 0.25) is 0 Å². The van der Waals surface area contributed by atoms with Crippen LogP contribution in [0.3, 0.4) is 0 Å². The highest BCUT2D eigenvalue weighted by Crippen LogP contribution is 2.26. The molecule has 140 valence electrons. The second kappa shape index (κ2) is 8.60. The molecular formula is C19H25N3O4. The molecule has 0 spiro atoms. The van der Waals surface area contributed by atoms with Gasteiger partial charge in [0.2, 0.25) is 0 Å². The SMILES string of the molecule is CC(C)(C)c1noc(-c2ccccc2C(=O)NCCCCCC(=O)O)n1. The number of aliphatic carboxylic acids is 1. The quantitative estimate of drug-likeness (QED) is 0.700. The second-order valence-corrected chi connectivity index (χ2v) is 7.18. The van der Waals surface area contributed by atoms with Gasteiger partial charge in [0, 0.05) is 18.4 Å². The first-order chi connectivity index (χ1) is 12.3. The van der Waals surface area contributed by atoms with Gasteiger partial charge in [0.25, 0.3) is 11.8 Å². The highest BCUT2D eigenvalue weighted by molar-refractivity contribution is 5.99. The van der Waals surface area contributed by atoms with Crippen LogP contribution in [-0.2, 0) is 10.2 Å². The lowest BCUT2D eigenvalue weighted by Crippen LogP contribution is -2.25. The fraction of sp³-hybridized carbons (Fsp3) is 0.474. The summed E-state index contributed by atoms with van der Waals surface area (Å²) in [6, 6.07) is 7.10. The average molecular weight is 359 g/mol. The number of nitrogens with zero attached hydrogens (tertiary/aromatic N) is 2. The van der Waals surface area contributed by atoms with E-state index in [2.05, 4.69) is 15.5 Å². The zero-order valence-corrected chi connectivity index (χ0v) is 15.4. The fourth-order valence-electron chi connectivity index (χ4n) is 2.38. The van der Waals surface area contributed by atoms with Gasteiger partial charge in [-0.25, -0.2) is 0 Å². The number of carbonyl (C=O) groups excluding carboxylic acids is 1. The van der Waals surface area contributed by atoms with Crippen LogP contribution in [-0.4, -0.2) is 33.7 Å². The molecule has 1 aromatic heterocycles. The van der Waals surface area contributed by atoms with E-state index >= 15 is 0 Å². The third kappa shape index (κ3) is 5.40. The molecule has 7 heteroatoms. The van der Waals surface area contributed by atoms with Gasteiger partial charge in [-0.2, -0.15) is 4.98 Å². The van der Waals surface area contributed by atoms with Crippen LogP contribution < -0.4 is 5.32 Å². The number of benzene rings is 1. The lowest BCUT2D eigenvalue weighted by Gasteiger charge is -2.11. The molecule has 1 aromatic carbocycles. The van der Waals surface area contributed by atoms with Crippen molar-refractivity contribution in [2.75, 3.05) is 6.54 Å². The van der Waals surface area contributed by atoms with E-state index in [1.54, 1.807) is 18.2 Å². The van der Waals surface area contributed by atoms with Crippen LogP contribution in [0.15, 0.2) is 28.8 Å². The van der Waals surface area contributed by atoms with Crippen molar-refractivity contribution in [2.45, 2.75) is 51.9 Å². The summed E-state index contributed by atoms with van der Waals surface area (Å²) < 4.78 is 5.35. The highest BCUT2D eigenvalue weighted by atomic mass is 16.5. The predicted molar refractivity (Wildman–Crippen MR) is 96.9 cm³/mol. The van der Waals surface area contributed by atoms with E-state index < -0.39 is 5.97 Å². The summed E-state index contributed by atoms with van der Waals surface area (Å²) in [5, 5.41) is 15.5. The zero-order valence-electron chi connectivity index (χ0n) is 15.4. The normalized spacial score (nSPS) is 11.3. The Bertz CT molecular complexity index is 762. The van der Waals surface area contributed by atoms with E-state index in [4.69, 9.17) is 9.63 Å². The number of unbranched alkanes of at least 4 members (excludes halogenated alkanes) is 2. The maximum absolute atomic E-state index is 12.5. The summed E-state index contributed by atoms with van der Waals surface area (Å²) in [4.78, 5) is 27.4. The third-order valence-corrected chi connectivity index (χ3v) is 3.85. The largest absolute Gasteiger partial charge is 0.481 e. The Morgan fingerprint density at radius 1 is 1.15 bits per heavy atom. The zero-order chi connectivity index (χ0) is 19.2. The Hall–Kier alpha value is -2.70. The molecule has 0 saturated carbocycles. The Balaban J connectivity index is 2.01. The second-order valence-electron chi connectivity index (χ2n) is 7.18. The Labute approximate surface area is 152 Å². The molecule has 0 atom stereocenters. The number of nitrogens with one attached hydrogen (secondary N) is 1. The number of rotatable bonds is 8. The standard InChI is InChI=1S/C19H25N3O4/c1-19(2,3)18-21-17(26-22-18)14-10-7-6-9-13(14)16(25)20-12-8-4-5-11-15(23)24/h6-7,9-10H,4-5,8,11-12H2,1-3H3,(H,20,25)(H,23,24). The summed E-state index contributed by atoms with van der Waals surface area (Å²) >= 11 is 0. The molecule has 1 amide bonds. The maximum Gasteiger partial charge on any atom is 0.303 e. The van der Waals surface area contributed by atoms with E-state index in [0.29, 0.717) is 35.8 Å². The third-order valence-electron chi connectivity index (χ3n) is 3.85. The Morgan fingerprint density at radius 2 is 1.88 bits per heavy atom. The van der Waals surface area contributed by atoms with E-state index in [1.807, 2.05) is 26.8 Å². The molecule has 0 aliphatic carbocycles. The number of carboxylic acid groups (broad SMARTS) is 1. The van der Waals surface area contributed by atoms with Crippen molar-refractivity contribution >= 4 is 11.9 Å². The highest BCUT2D eigenvalue weighted by Gasteiger charge is 2.23. The minimum Gasteiger partial charge on any atom is -0.481 e. The van der Waals surface area contributed by atoms with Crippen LogP contribution in [0, 0.1) is 0 Å². The maximum atomic E-state index is 12.5. The first-order valence-electron chi connectivity index (χ1n) is 8.72. The van der Waals surface area contributed by atoms with E-state index in [9.17, 15) is 9.59 Å². The van der Waals surface area contributed by atoms with Gasteiger partial charge in [0.05, 0.1) is 11.1 Å². The summed E-state index contributed by atoms with van der Waals surface area (Å²) in [6.07, 6.45) is 2.26. The molecule has 0 saturated heterocycles. The lowest BCUT2D eigenvalue weighted by molar-refractivity contribution is -0.137. The van der Waals surface area contributed by atoms with E-state index in [0.717, 1.165) is 12.8 Å².